The highest BCUT2D eigenvalue weighted by atomic mass is 16.1. The number of benzene rings is 1. The summed E-state index contributed by atoms with van der Waals surface area (Å²) in [5.41, 5.74) is 2.01. The molecule has 0 saturated carbocycles. The van der Waals surface area contributed by atoms with Gasteiger partial charge in [0.05, 0.1) is 18.3 Å². The highest BCUT2D eigenvalue weighted by Crippen LogP contribution is 2.17. The molecule has 0 saturated heterocycles. The van der Waals surface area contributed by atoms with E-state index in [1.54, 1.807) is 0 Å². The van der Waals surface area contributed by atoms with Crippen LogP contribution in [0.4, 0.5) is 5.69 Å². The minimum atomic E-state index is 0.0124. The third kappa shape index (κ3) is 4.21. The van der Waals surface area contributed by atoms with E-state index in [1.165, 1.54) is 0 Å². The zero-order valence-electron chi connectivity index (χ0n) is 13.6. The van der Waals surface area contributed by atoms with E-state index in [4.69, 9.17) is 0 Å². The summed E-state index contributed by atoms with van der Waals surface area (Å²) in [4.78, 5) is 14.1. The number of anilines is 1. The monoisotopic (exact) mass is 303 g/mol. The molecule has 0 aliphatic heterocycles. The van der Waals surface area contributed by atoms with Crippen LogP contribution in [0.2, 0.25) is 0 Å². The van der Waals surface area contributed by atoms with Gasteiger partial charge in [-0.1, -0.05) is 13.8 Å². The molecule has 2 aromatic rings. The van der Waals surface area contributed by atoms with Gasteiger partial charge in [-0.2, -0.15) is 5.10 Å². The number of rotatable bonds is 8. The van der Waals surface area contributed by atoms with Crippen LogP contribution in [-0.2, 0) is 11.8 Å². The number of likely N-dealkylation sites (N-methyl/N-ethyl adjacent to an activating group) is 1. The van der Waals surface area contributed by atoms with Gasteiger partial charge in [-0.25, -0.2) is 0 Å². The Hall–Kier alpha value is -2.08. The van der Waals surface area contributed by atoms with Crippen LogP contribution >= 0.6 is 0 Å². The van der Waals surface area contributed by atoms with E-state index >= 15 is 0 Å². The van der Waals surface area contributed by atoms with Crippen molar-refractivity contribution in [1.82, 2.24) is 20.0 Å². The van der Waals surface area contributed by atoms with Crippen LogP contribution in [0, 0.1) is 0 Å². The molecule has 120 valence electrons. The highest BCUT2D eigenvalue weighted by molar-refractivity contribution is 5.84. The zero-order chi connectivity index (χ0) is 15.9. The smallest absolute Gasteiger partial charge is 0.239 e. The first kappa shape index (κ1) is 16.3. The first-order chi connectivity index (χ1) is 10.6. The Morgan fingerprint density at radius 1 is 1.32 bits per heavy atom. The average molecular weight is 303 g/mol. The molecule has 6 nitrogen and oxygen atoms in total. The summed E-state index contributed by atoms with van der Waals surface area (Å²) in [6, 6.07) is 5.97. The van der Waals surface area contributed by atoms with Gasteiger partial charge < -0.3 is 15.5 Å². The number of hydrogen-bond acceptors (Lipinski definition) is 4. The number of carbonyl (C=O) groups excluding carboxylic acids is 1. The molecular weight excluding hydrogens is 278 g/mol. The van der Waals surface area contributed by atoms with Crippen molar-refractivity contribution in [2.24, 2.45) is 7.05 Å². The highest BCUT2D eigenvalue weighted by Gasteiger charge is 2.04. The number of carbonyl (C=O) groups is 1. The van der Waals surface area contributed by atoms with Gasteiger partial charge in [0.15, 0.2) is 0 Å². The predicted molar refractivity (Wildman–Crippen MR) is 90.0 cm³/mol. The summed E-state index contributed by atoms with van der Waals surface area (Å²) < 4.78 is 1.83. The SMILES string of the molecule is CCN(CC)CCNC(=O)CNc1ccc2c(cnn2C)c1. The summed E-state index contributed by atoms with van der Waals surface area (Å²) in [6.45, 7) is 8.13. The van der Waals surface area contributed by atoms with Crippen LogP contribution in [0.15, 0.2) is 24.4 Å². The van der Waals surface area contributed by atoms with Crippen molar-refractivity contribution in [2.75, 3.05) is 38.0 Å². The lowest BCUT2D eigenvalue weighted by molar-refractivity contribution is -0.119. The van der Waals surface area contributed by atoms with Crippen LogP contribution < -0.4 is 10.6 Å². The molecule has 2 N–H and O–H groups in total. The fourth-order valence-corrected chi connectivity index (χ4v) is 2.41. The summed E-state index contributed by atoms with van der Waals surface area (Å²) in [6.07, 6.45) is 1.82. The molecular formula is C16H25N5O. The Kier molecular flexibility index (Phi) is 5.77. The third-order valence-electron chi connectivity index (χ3n) is 3.84. The second kappa shape index (κ2) is 7.79. The molecule has 0 aliphatic rings. The Balaban J connectivity index is 1.77. The molecule has 2 rings (SSSR count). The van der Waals surface area contributed by atoms with Gasteiger partial charge in [0.2, 0.25) is 5.91 Å². The second-order valence-electron chi connectivity index (χ2n) is 5.27. The lowest BCUT2D eigenvalue weighted by Crippen LogP contribution is -2.37. The third-order valence-corrected chi connectivity index (χ3v) is 3.84. The van der Waals surface area contributed by atoms with E-state index in [0.717, 1.165) is 36.2 Å². The molecule has 6 heteroatoms. The molecule has 0 unspecified atom stereocenters. The van der Waals surface area contributed by atoms with Crippen molar-refractivity contribution >= 4 is 22.5 Å². The average Bonchev–Trinajstić information content (AvgIpc) is 2.90. The van der Waals surface area contributed by atoms with Crippen molar-refractivity contribution < 1.29 is 4.79 Å². The Morgan fingerprint density at radius 3 is 2.82 bits per heavy atom. The van der Waals surface area contributed by atoms with Gasteiger partial charge in [0.1, 0.15) is 0 Å². The molecule has 1 aromatic heterocycles. The molecule has 1 aromatic carbocycles. The van der Waals surface area contributed by atoms with Gasteiger partial charge in [0.25, 0.3) is 0 Å². The summed E-state index contributed by atoms with van der Waals surface area (Å²) in [7, 11) is 1.92. The number of fused-ring (bicyclic) bond motifs is 1. The summed E-state index contributed by atoms with van der Waals surface area (Å²) in [5.74, 6) is 0.0124. The van der Waals surface area contributed by atoms with Crippen LogP contribution in [0.3, 0.4) is 0 Å². The quantitative estimate of drug-likeness (QED) is 0.775. The van der Waals surface area contributed by atoms with E-state index in [0.29, 0.717) is 6.54 Å². The van der Waals surface area contributed by atoms with Gasteiger partial charge in [-0.3, -0.25) is 9.48 Å². The number of nitrogens with zero attached hydrogens (tertiary/aromatic N) is 3. The van der Waals surface area contributed by atoms with E-state index in [1.807, 2.05) is 36.1 Å². The Bertz CT molecular complexity index is 618. The van der Waals surface area contributed by atoms with Crippen molar-refractivity contribution in [1.29, 1.82) is 0 Å². The van der Waals surface area contributed by atoms with Crippen molar-refractivity contribution in [3.63, 3.8) is 0 Å². The van der Waals surface area contributed by atoms with Gasteiger partial charge in [0, 0.05) is 31.2 Å². The van der Waals surface area contributed by atoms with Crippen LogP contribution in [0.1, 0.15) is 13.8 Å². The molecule has 22 heavy (non-hydrogen) atoms. The molecule has 0 aliphatic carbocycles. The Morgan fingerprint density at radius 2 is 2.09 bits per heavy atom. The Labute approximate surface area is 131 Å². The maximum atomic E-state index is 11.8. The number of amides is 1. The molecule has 0 radical (unpaired) electrons. The van der Waals surface area contributed by atoms with Gasteiger partial charge in [-0.15, -0.1) is 0 Å². The minimum absolute atomic E-state index is 0.0124. The first-order valence-corrected chi connectivity index (χ1v) is 7.78. The van der Waals surface area contributed by atoms with E-state index in [9.17, 15) is 4.79 Å². The molecule has 1 amide bonds. The maximum Gasteiger partial charge on any atom is 0.239 e. The van der Waals surface area contributed by atoms with E-state index in [2.05, 4.69) is 34.5 Å². The molecule has 0 atom stereocenters. The number of hydrogen-bond donors (Lipinski definition) is 2. The van der Waals surface area contributed by atoms with Gasteiger partial charge in [-0.05, 0) is 31.3 Å². The molecule has 1 heterocycles. The molecule has 0 bridgehead atoms. The van der Waals surface area contributed by atoms with E-state index in [-0.39, 0.29) is 12.5 Å². The van der Waals surface area contributed by atoms with E-state index < -0.39 is 0 Å². The number of aromatic nitrogens is 2. The van der Waals surface area contributed by atoms with Crippen molar-refractivity contribution in [3.8, 4) is 0 Å². The normalized spacial score (nSPS) is 11.1. The topological polar surface area (TPSA) is 62.2 Å². The zero-order valence-corrected chi connectivity index (χ0v) is 13.6. The predicted octanol–water partition coefficient (Wildman–Crippen LogP) is 1.44. The fraction of sp³-hybridized carbons (Fsp3) is 0.500. The minimum Gasteiger partial charge on any atom is -0.376 e. The van der Waals surface area contributed by atoms with Crippen molar-refractivity contribution in [2.45, 2.75) is 13.8 Å². The lowest BCUT2D eigenvalue weighted by Gasteiger charge is -2.18. The summed E-state index contributed by atoms with van der Waals surface area (Å²) >= 11 is 0. The number of aryl methyl sites for hydroxylation is 1. The van der Waals surface area contributed by atoms with Crippen LogP contribution in [0.5, 0.6) is 0 Å². The van der Waals surface area contributed by atoms with Crippen LogP contribution in [0.25, 0.3) is 10.9 Å². The largest absolute Gasteiger partial charge is 0.376 e. The fourth-order valence-electron chi connectivity index (χ4n) is 2.41. The number of nitrogens with one attached hydrogen (secondary N) is 2. The summed E-state index contributed by atoms with van der Waals surface area (Å²) in [5, 5.41) is 11.4. The second-order valence-corrected chi connectivity index (χ2v) is 5.27. The first-order valence-electron chi connectivity index (χ1n) is 7.78. The standard InChI is InChI=1S/C16H25N5O/c1-4-21(5-2)9-8-17-16(22)12-18-14-6-7-15-13(10-14)11-19-20(15)3/h6-7,10-11,18H,4-5,8-9,12H2,1-3H3,(H,17,22). The lowest BCUT2D eigenvalue weighted by atomic mass is 10.2. The van der Waals surface area contributed by atoms with Crippen LogP contribution in [-0.4, -0.2) is 53.3 Å². The maximum absolute atomic E-state index is 11.8. The van der Waals surface area contributed by atoms with Gasteiger partial charge >= 0.3 is 0 Å². The molecule has 0 fully saturated rings. The molecule has 0 spiro atoms. The van der Waals surface area contributed by atoms with Crippen molar-refractivity contribution in [3.05, 3.63) is 24.4 Å².